The van der Waals surface area contributed by atoms with Crippen LogP contribution >= 0.6 is 0 Å². The minimum Gasteiger partial charge on any atom is -0.310 e. The lowest BCUT2D eigenvalue weighted by Crippen LogP contribution is -2.18. The number of benzene rings is 1. The molecule has 2 nitrogen and oxygen atoms in total. The second-order valence-electron chi connectivity index (χ2n) is 5.25. The fourth-order valence-corrected chi connectivity index (χ4v) is 3.01. The molecule has 1 heterocycles. The Labute approximate surface area is 114 Å². The van der Waals surface area contributed by atoms with Crippen LogP contribution in [0.1, 0.15) is 36.1 Å². The first kappa shape index (κ1) is 12.4. The summed E-state index contributed by atoms with van der Waals surface area (Å²) in [7, 11) is 0. The Morgan fingerprint density at radius 3 is 3.00 bits per heavy atom. The summed E-state index contributed by atoms with van der Waals surface area (Å²) < 4.78 is 0. The molecule has 0 saturated heterocycles. The van der Waals surface area contributed by atoms with Crippen LogP contribution in [0.5, 0.6) is 0 Å². The van der Waals surface area contributed by atoms with Gasteiger partial charge in [-0.15, -0.1) is 0 Å². The van der Waals surface area contributed by atoms with Crippen LogP contribution in [0, 0.1) is 6.92 Å². The molecule has 1 aliphatic carbocycles. The predicted octanol–water partition coefficient (Wildman–Crippen LogP) is 3.65. The zero-order valence-electron chi connectivity index (χ0n) is 11.6. The Hall–Kier alpha value is -1.67. The van der Waals surface area contributed by atoms with E-state index in [-0.39, 0.29) is 0 Å². The number of pyridine rings is 1. The Morgan fingerprint density at radius 2 is 2.21 bits per heavy atom. The highest BCUT2D eigenvalue weighted by Crippen LogP contribution is 2.34. The second-order valence-corrected chi connectivity index (χ2v) is 5.25. The Balaban J connectivity index is 1.98. The van der Waals surface area contributed by atoms with E-state index in [1.165, 1.54) is 40.7 Å². The first-order chi connectivity index (χ1) is 9.29. The molecule has 2 heteroatoms. The van der Waals surface area contributed by atoms with Crippen LogP contribution in [0.4, 0.5) is 0 Å². The third-order valence-electron chi connectivity index (χ3n) is 4.02. The number of aromatic nitrogens is 1. The number of nitrogens with one attached hydrogen (secondary N) is 1. The molecule has 1 aromatic heterocycles. The molecule has 98 valence electrons. The van der Waals surface area contributed by atoms with Crippen molar-refractivity contribution in [1.82, 2.24) is 10.3 Å². The molecule has 3 rings (SSSR count). The van der Waals surface area contributed by atoms with E-state index >= 15 is 0 Å². The van der Waals surface area contributed by atoms with Gasteiger partial charge in [0.05, 0.1) is 0 Å². The lowest BCUT2D eigenvalue weighted by atomic mass is 9.98. The Morgan fingerprint density at radius 1 is 1.32 bits per heavy atom. The van der Waals surface area contributed by atoms with Crippen LogP contribution in [0.15, 0.2) is 36.7 Å². The predicted molar refractivity (Wildman–Crippen MR) is 79.1 cm³/mol. The summed E-state index contributed by atoms with van der Waals surface area (Å²) in [4.78, 5) is 4.25. The van der Waals surface area contributed by atoms with Crippen molar-refractivity contribution >= 4 is 0 Å². The molecule has 0 amide bonds. The fraction of sp³-hybridized carbons (Fsp3) is 0.353. The van der Waals surface area contributed by atoms with Crippen molar-refractivity contribution in [3.63, 3.8) is 0 Å². The largest absolute Gasteiger partial charge is 0.310 e. The molecule has 0 saturated carbocycles. The van der Waals surface area contributed by atoms with E-state index in [0.717, 1.165) is 6.54 Å². The van der Waals surface area contributed by atoms with Crippen LogP contribution in [0.3, 0.4) is 0 Å². The highest BCUT2D eigenvalue weighted by Gasteiger charge is 2.21. The summed E-state index contributed by atoms with van der Waals surface area (Å²) in [6.07, 6.45) is 6.22. The minimum absolute atomic E-state index is 0.545. The van der Waals surface area contributed by atoms with Gasteiger partial charge in [-0.25, -0.2) is 0 Å². The Kier molecular flexibility index (Phi) is 3.34. The van der Waals surface area contributed by atoms with Crippen molar-refractivity contribution in [1.29, 1.82) is 0 Å². The molecule has 1 atom stereocenters. The van der Waals surface area contributed by atoms with Gasteiger partial charge in [-0.3, -0.25) is 4.98 Å². The molecule has 1 aromatic carbocycles. The molecular formula is C17H20N2. The second kappa shape index (κ2) is 5.14. The first-order valence-corrected chi connectivity index (χ1v) is 7.06. The first-order valence-electron chi connectivity index (χ1n) is 7.06. The van der Waals surface area contributed by atoms with E-state index in [0.29, 0.717) is 6.04 Å². The number of rotatable bonds is 3. The normalized spacial score (nSPS) is 17.5. The van der Waals surface area contributed by atoms with E-state index in [1.807, 2.05) is 12.4 Å². The lowest BCUT2D eigenvalue weighted by molar-refractivity contribution is 0.549. The molecule has 1 unspecified atom stereocenters. The van der Waals surface area contributed by atoms with Gasteiger partial charge >= 0.3 is 0 Å². The third kappa shape index (κ3) is 2.28. The molecule has 1 aliphatic rings. The summed E-state index contributed by atoms with van der Waals surface area (Å²) in [6.45, 7) is 5.35. The van der Waals surface area contributed by atoms with Crippen LogP contribution in [-0.4, -0.2) is 11.5 Å². The minimum atomic E-state index is 0.545. The zero-order valence-corrected chi connectivity index (χ0v) is 11.6. The Bertz CT molecular complexity index is 590. The quantitative estimate of drug-likeness (QED) is 0.902. The third-order valence-corrected chi connectivity index (χ3v) is 4.02. The van der Waals surface area contributed by atoms with E-state index in [2.05, 4.69) is 48.4 Å². The molecule has 0 fully saturated rings. The number of aryl methyl sites for hydroxylation is 2. The lowest BCUT2D eigenvalue weighted by Gasteiger charge is -2.13. The average Bonchev–Trinajstić information content (AvgIpc) is 2.82. The number of fused-ring (bicyclic) bond motifs is 1. The van der Waals surface area contributed by atoms with Gasteiger partial charge in [0.25, 0.3) is 0 Å². The molecule has 0 aliphatic heterocycles. The molecule has 0 spiro atoms. The summed E-state index contributed by atoms with van der Waals surface area (Å²) in [5, 5.41) is 3.56. The zero-order chi connectivity index (χ0) is 13.2. The maximum absolute atomic E-state index is 4.25. The van der Waals surface area contributed by atoms with E-state index in [4.69, 9.17) is 0 Å². The summed E-state index contributed by atoms with van der Waals surface area (Å²) >= 11 is 0. The SMILES string of the molecule is CCNC1CCc2cc(-c3cnccc3C)ccc21. The van der Waals surface area contributed by atoms with Crippen LogP contribution in [-0.2, 0) is 6.42 Å². The number of nitrogens with zero attached hydrogens (tertiary/aromatic N) is 1. The average molecular weight is 252 g/mol. The molecule has 2 aromatic rings. The molecular weight excluding hydrogens is 232 g/mol. The molecule has 0 radical (unpaired) electrons. The monoisotopic (exact) mass is 252 g/mol. The van der Waals surface area contributed by atoms with Crippen LogP contribution in [0.2, 0.25) is 0 Å². The standard InChI is InChI=1S/C17H20N2/c1-3-19-17-7-5-13-10-14(4-6-15(13)17)16-11-18-9-8-12(16)2/h4,6,8-11,17,19H,3,5,7H2,1-2H3. The van der Waals surface area contributed by atoms with Crippen LogP contribution < -0.4 is 5.32 Å². The van der Waals surface area contributed by atoms with Crippen molar-refractivity contribution in [2.24, 2.45) is 0 Å². The maximum atomic E-state index is 4.25. The van der Waals surface area contributed by atoms with E-state index in [9.17, 15) is 0 Å². The molecule has 0 bridgehead atoms. The fourth-order valence-electron chi connectivity index (χ4n) is 3.01. The van der Waals surface area contributed by atoms with Gasteiger partial charge in [-0.1, -0.05) is 25.1 Å². The van der Waals surface area contributed by atoms with E-state index in [1.54, 1.807) is 0 Å². The molecule has 1 N–H and O–H groups in total. The summed E-state index contributed by atoms with van der Waals surface area (Å²) in [5.74, 6) is 0. The van der Waals surface area contributed by atoms with Gasteiger partial charge in [0.15, 0.2) is 0 Å². The molecule has 19 heavy (non-hydrogen) atoms. The van der Waals surface area contributed by atoms with Crippen molar-refractivity contribution in [3.8, 4) is 11.1 Å². The van der Waals surface area contributed by atoms with Crippen LogP contribution in [0.25, 0.3) is 11.1 Å². The van der Waals surface area contributed by atoms with Crippen molar-refractivity contribution in [2.75, 3.05) is 6.54 Å². The van der Waals surface area contributed by atoms with Gasteiger partial charge in [0.1, 0.15) is 0 Å². The van der Waals surface area contributed by atoms with Gasteiger partial charge < -0.3 is 5.32 Å². The van der Waals surface area contributed by atoms with Gasteiger partial charge in [0.2, 0.25) is 0 Å². The van der Waals surface area contributed by atoms with Crippen molar-refractivity contribution in [3.05, 3.63) is 53.3 Å². The highest BCUT2D eigenvalue weighted by atomic mass is 14.9. The number of hydrogen-bond acceptors (Lipinski definition) is 2. The number of hydrogen-bond donors (Lipinski definition) is 1. The maximum Gasteiger partial charge on any atom is 0.0349 e. The topological polar surface area (TPSA) is 24.9 Å². The highest BCUT2D eigenvalue weighted by molar-refractivity contribution is 5.67. The van der Waals surface area contributed by atoms with Gasteiger partial charge in [0, 0.05) is 24.0 Å². The van der Waals surface area contributed by atoms with Crippen molar-refractivity contribution in [2.45, 2.75) is 32.7 Å². The smallest absolute Gasteiger partial charge is 0.0349 e. The van der Waals surface area contributed by atoms with Crippen molar-refractivity contribution < 1.29 is 0 Å². The van der Waals surface area contributed by atoms with Gasteiger partial charge in [-0.05, 0) is 54.6 Å². The van der Waals surface area contributed by atoms with E-state index < -0.39 is 0 Å². The van der Waals surface area contributed by atoms with Gasteiger partial charge in [-0.2, -0.15) is 0 Å². The summed E-state index contributed by atoms with van der Waals surface area (Å²) in [6, 6.07) is 9.49. The summed E-state index contributed by atoms with van der Waals surface area (Å²) in [5.41, 5.74) is 6.80.